The summed E-state index contributed by atoms with van der Waals surface area (Å²) in [4.78, 5) is 4.10. The lowest BCUT2D eigenvalue weighted by Crippen LogP contribution is -2.22. The Morgan fingerprint density at radius 2 is 1.89 bits per heavy atom. The lowest BCUT2D eigenvalue weighted by atomic mass is 10.1. The van der Waals surface area contributed by atoms with E-state index in [9.17, 15) is 4.39 Å². The molecule has 0 fully saturated rings. The van der Waals surface area contributed by atoms with Gasteiger partial charge in [0.05, 0.1) is 5.02 Å². The average Bonchev–Trinajstić information content (AvgIpc) is 2.42. The highest BCUT2D eigenvalue weighted by Crippen LogP contribution is 2.23. The molecule has 2 aromatic rings. The van der Waals surface area contributed by atoms with Gasteiger partial charge in [-0.1, -0.05) is 23.7 Å². The minimum atomic E-state index is -0.391. The second-order valence-corrected chi connectivity index (χ2v) is 4.98. The van der Waals surface area contributed by atoms with Crippen molar-refractivity contribution >= 4 is 11.6 Å². The molecule has 2 atom stereocenters. The third-order valence-corrected chi connectivity index (χ3v) is 3.42. The molecule has 0 aliphatic rings. The molecular formula is C15H16ClFN2. The minimum Gasteiger partial charge on any atom is -0.304 e. The fourth-order valence-corrected chi connectivity index (χ4v) is 2.17. The van der Waals surface area contributed by atoms with Crippen LogP contribution in [0.15, 0.2) is 42.7 Å². The monoisotopic (exact) mass is 278 g/mol. The van der Waals surface area contributed by atoms with E-state index in [1.54, 1.807) is 18.3 Å². The number of nitrogens with zero attached hydrogens (tertiary/aromatic N) is 1. The first kappa shape index (κ1) is 14.0. The summed E-state index contributed by atoms with van der Waals surface area (Å²) in [6, 6.07) is 8.96. The maximum Gasteiger partial charge on any atom is 0.141 e. The highest BCUT2D eigenvalue weighted by molar-refractivity contribution is 6.30. The largest absolute Gasteiger partial charge is 0.304 e. The van der Waals surface area contributed by atoms with Gasteiger partial charge in [-0.15, -0.1) is 0 Å². The lowest BCUT2D eigenvalue weighted by Gasteiger charge is -2.20. The maximum atomic E-state index is 13.1. The van der Waals surface area contributed by atoms with Crippen LogP contribution in [0.1, 0.15) is 37.1 Å². The second-order valence-electron chi connectivity index (χ2n) is 4.57. The quantitative estimate of drug-likeness (QED) is 0.903. The van der Waals surface area contributed by atoms with Crippen molar-refractivity contribution in [3.63, 3.8) is 0 Å². The van der Waals surface area contributed by atoms with E-state index in [-0.39, 0.29) is 17.1 Å². The Morgan fingerprint density at radius 1 is 1.16 bits per heavy atom. The van der Waals surface area contributed by atoms with E-state index in [4.69, 9.17) is 11.6 Å². The summed E-state index contributed by atoms with van der Waals surface area (Å²) in [5.74, 6) is -0.391. The summed E-state index contributed by atoms with van der Waals surface area (Å²) in [7, 11) is 0. The van der Waals surface area contributed by atoms with E-state index in [0.29, 0.717) is 0 Å². The van der Waals surface area contributed by atoms with Gasteiger partial charge in [0.15, 0.2) is 0 Å². The predicted octanol–water partition coefficient (Wildman–Crippen LogP) is 4.29. The van der Waals surface area contributed by atoms with Gasteiger partial charge in [0.2, 0.25) is 0 Å². The Bertz CT molecular complexity index is 545. The topological polar surface area (TPSA) is 24.9 Å². The molecule has 0 aliphatic heterocycles. The van der Waals surface area contributed by atoms with Crippen molar-refractivity contribution in [3.8, 4) is 0 Å². The van der Waals surface area contributed by atoms with Crippen LogP contribution < -0.4 is 5.32 Å². The first-order valence-electron chi connectivity index (χ1n) is 6.19. The molecule has 1 unspecified atom stereocenters. The zero-order valence-corrected chi connectivity index (χ0v) is 11.7. The van der Waals surface area contributed by atoms with Gasteiger partial charge < -0.3 is 5.32 Å². The molecule has 0 amide bonds. The Morgan fingerprint density at radius 3 is 2.53 bits per heavy atom. The van der Waals surface area contributed by atoms with E-state index in [2.05, 4.69) is 17.2 Å². The number of pyridine rings is 1. The summed E-state index contributed by atoms with van der Waals surface area (Å²) >= 11 is 5.80. The van der Waals surface area contributed by atoms with Crippen LogP contribution in [-0.2, 0) is 0 Å². The molecule has 0 radical (unpaired) electrons. The van der Waals surface area contributed by atoms with Gasteiger partial charge in [0.25, 0.3) is 0 Å². The summed E-state index contributed by atoms with van der Waals surface area (Å²) in [5, 5.41) is 3.59. The summed E-state index contributed by atoms with van der Waals surface area (Å²) in [5.41, 5.74) is 2.07. The molecule has 0 saturated carbocycles. The number of aromatic nitrogens is 1. The van der Waals surface area contributed by atoms with E-state index < -0.39 is 5.82 Å². The van der Waals surface area contributed by atoms with Gasteiger partial charge in [0, 0.05) is 24.5 Å². The highest BCUT2D eigenvalue weighted by atomic mass is 35.5. The van der Waals surface area contributed by atoms with Crippen LogP contribution in [0.4, 0.5) is 4.39 Å². The Balaban J connectivity index is 2.08. The Hall–Kier alpha value is -1.45. The molecule has 100 valence electrons. The number of halogens is 2. The van der Waals surface area contributed by atoms with Gasteiger partial charge in [-0.05, 0) is 43.2 Å². The highest BCUT2D eigenvalue weighted by Gasteiger charge is 2.12. The Labute approximate surface area is 117 Å². The van der Waals surface area contributed by atoms with E-state index in [1.807, 2.05) is 25.3 Å². The third-order valence-electron chi connectivity index (χ3n) is 3.13. The fraction of sp³-hybridized carbons (Fsp3) is 0.267. The van der Waals surface area contributed by atoms with Crippen LogP contribution in [0.3, 0.4) is 0 Å². The summed E-state index contributed by atoms with van der Waals surface area (Å²) < 4.78 is 13.1. The van der Waals surface area contributed by atoms with Crippen molar-refractivity contribution in [2.75, 3.05) is 0 Å². The minimum absolute atomic E-state index is 0.0771. The van der Waals surface area contributed by atoms with Crippen LogP contribution in [-0.4, -0.2) is 4.98 Å². The molecule has 0 saturated heterocycles. The second kappa shape index (κ2) is 6.13. The predicted molar refractivity (Wildman–Crippen MR) is 75.6 cm³/mol. The van der Waals surface area contributed by atoms with Gasteiger partial charge in [-0.2, -0.15) is 0 Å². The molecule has 4 heteroatoms. The molecule has 19 heavy (non-hydrogen) atoms. The summed E-state index contributed by atoms with van der Waals surface area (Å²) in [6.07, 6.45) is 3.58. The zero-order valence-electron chi connectivity index (χ0n) is 10.9. The molecule has 1 aromatic heterocycles. The molecule has 0 aliphatic carbocycles. The van der Waals surface area contributed by atoms with Gasteiger partial charge in [-0.25, -0.2) is 4.39 Å². The van der Waals surface area contributed by atoms with Gasteiger partial charge in [-0.3, -0.25) is 4.98 Å². The molecule has 0 spiro atoms. The van der Waals surface area contributed by atoms with Gasteiger partial charge >= 0.3 is 0 Å². The van der Waals surface area contributed by atoms with Crippen LogP contribution in [0, 0.1) is 5.82 Å². The average molecular weight is 279 g/mol. The fourth-order valence-electron chi connectivity index (χ4n) is 1.98. The zero-order chi connectivity index (χ0) is 13.8. The van der Waals surface area contributed by atoms with Crippen LogP contribution in [0.5, 0.6) is 0 Å². The third kappa shape index (κ3) is 3.52. The molecular weight excluding hydrogens is 263 g/mol. The van der Waals surface area contributed by atoms with Crippen molar-refractivity contribution in [2.24, 2.45) is 0 Å². The first-order valence-corrected chi connectivity index (χ1v) is 6.56. The van der Waals surface area contributed by atoms with Crippen molar-refractivity contribution in [2.45, 2.75) is 25.9 Å². The molecule has 0 bridgehead atoms. The number of rotatable bonds is 4. The number of hydrogen-bond donors (Lipinski definition) is 1. The van der Waals surface area contributed by atoms with Crippen molar-refractivity contribution in [1.29, 1.82) is 0 Å². The lowest BCUT2D eigenvalue weighted by molar-refractivity contribution is 0.493. The summed E-state index contributed by atoms with van der Waals surface area (Å²) in [6.45, 7) is 4.09. The molecule has 1 heterocycles. The van der Waals surface area contributed by atoms with Crippen molar-refractivity contribution in [1.82, 2.24) is 10.3 Å². The van der Waals surface area contributed by atoms with Crippen LogP contribution in [0.2, 0.25) is 5.02 Å². The van der Waals surface area contributed by atoms with Crippen LogP contribution >= 0.6 is 11.6 Å². The first-order chi connectivity index (χ1) is 9.08. The molecule has 2 nitrogen and oxygen atoms in total. The van der Waals surface area contributed by atoms with E-state index in [1.165, 1.54) is 6.07 Å². The SMILES string of the molecule is CC(N[C@@H](C)c1cccnc1)c1ccc(F)c(Cl)c1. The van der Waals surface area contributed by atoms with Crippen molar-refractivity contribution in [3.05, 3.63) is 64.7 Å². The molecule has 2 rings (SSSR count). The normalized spacial score (nSPS) is 14.1. The van der Waals surface area contributed by atoms with Crippen LogP contribution in [0.25, 0.3) is 0 Å². The molecule has 1 aromatic carbocycles. The van der Waals surface area contributed by atoms with Gasteiger partial charge in [0.1, 0.15) is 5.82 Å². The van der Waals surface area contributed by atoms with Crippen molar-refractivity contribution < 1.29 is 4.39 Å². The molecule has 1 N–H and O–H groups in total. The smallest absolute Gasteiger partial charge is 0.141 e. The standard InChI is InChI=1S/C15H16ClFN2/c1-10(12-5-6-15(17)14(16)8-12)19-11(2)13-4-3-7-18-9-13/h3-11,19H,1-2H3/t10?,11-/m0/s1. The van der Waals surface area contributed by atoms with E-state index >= 15 is 0 Å². The maximum absolute atomic E-state index is 13.1. The number of nitrogens with one attached hydrogen (secondary N) is 1. The van der Waals surface area contributed by atoms with E-state index in [0.717, 1.165) is 11.1 Å². The Kier molecular flexibility index (Phi) is 4.51. The number of hydrogen-bond acceptors (Lipinski definition) is 2. The number of benzene rings is 1.